The molecule has 4 aromatic rings. The average molecular weight is 480 g/mol. The van der Waals surface area contributed by atoms with Crippen LogP contribution in [0.1, 0.15) is 17.5 Å². The van der Waals surface area contributed by atoms with Crippen molar-refractivity contribution in [1.29, 1.82) is 0 Å². The molecule has 0 bridgehead atoms. The highest BCUT2D eigenvalue weighted by Crippen LogP contribution is 2.19. The molecule has 6 nitrogen and oxygen atoms in total. The number of ether oxygens (including phenoxy) is 1. The third kappa shape index (κ3) is 8.02. The summed E-state index contributed by atoms with van der Waals surface area (Å²) in [6.45, 7) is 0.541. The van der Waals surface area contributed by atoms with E-state index in [1.54, 1.807) is 6.07 Å². The number of anilines is 3. The van der Waals surface area contributed by atoms with E-state index in [1.165, 1.54) is 0 Å². The first-order chi connectivity index (χ1) is 17.6. The number of carbonyl (C=O) groups is 2. The Balaban J connectivity index is 1.23. The van der Waals surface area contributed by atoms with Gasteiger partial charge in [-0.15, -0.1) is 0 Å². The summed E-state index contributed by atoms with van der Waals surface area (Å²) in [5.41, 5.74) is 4.28. The Bertz CT molecular complexity index is 1280. The van der Waals surface area contributed by atoms with Crippen LogP contribution in [-0.2, 0) is 22.6 Å². The maximum atomic E-state index is 12.5. The van der Waals surface area contributed by atoms with Crippen LogP contribution >= 0.6 is 0 Å². The minimum atomic E-state index is -0.187. The van der Waals surface area contributed by atoms with Crippen LogP contribution < -0.4 is 20.7 Å². The smallest absolute Gasteiger partial charge is 0.243 e. The van der Waals surface area contributed by atoms with Crippen LogP contribution in [-0.4, -0.2) is 18.4 Å². The van der Waals surface area contributed by atoms with Crippen LogP contribution in [0.3, 0.4) is 0 Å². The number of nitrogens with one attached hydrogen (secondary N) is 3. The monoisotopic (exact) mass is 479 g/mol. The Morgan fingerprint density at radius 1 is 0.611 bits per heavy atom. The van der Waals surface area contributed by atoms with Crippen LogP contribution in [0.5, 0.6) is 5.75 Å². The molecule has 0 spiro atoms. The van der Waals surface area contributed by atoms with Gasteiger partial charge in [-0.05, 0) is 47.9 Å². The average Bonchev–Trinajstić information content (AvgIpc) is 2.91. The number of aryl methyl sites for hydroxylation is 1. The highest BCUT2D eigenvalue weighted by molar-refractivity contribution is 5.94. The second-order valence-corrected chi connectivity index (χ2v) is 8.32. The second kappa shape index (κ2) is 12.8. The summed E-state index contributed by atoms with van der Waals surface area (Å²) in [5.74, 6) is 0.441. The summed E-state index contributed by atoms with van der Waals surface area (Å²) in [4.78, 5) is 24.8. The van der Waals surface area contributed by atoms with Gasteiger partial charge in [-0.25, -0.2) is 0 Å². The highest BCUT2D eigenvalue weighted by Gasteiger charge is 2.07. The van der Waals surface area contributed by atoms with Crippen molar-refractivity contribution in [1.82, 2.24) is 0 Å². The lowest BCUT2D eigenvalue weighted by molar-refractivity contribution is -0.116. The SMILES string of the molecule is O=C(CCc1ccccc1)Nc1cccc(NCC(=O)Nc2cccc(OCc3ccccc3)c2)c1. The number of amides is 2. The molecule has 182 valence electrons. The van der Waals surface area contributed by atoms with E-state index in [0.717, 1.165) is 16.8 Å². The molecule has 3 N–H and O–H groups in total. The molecule has 0 fully saturated rings. The van der Waals surface area contributed by atoms with Gasteiger partial charge in [0.2, 0.25) is 11.8 Å². The lowest BCUT2D eigenvalue weighted by atomic mass is 10.1. The van der Waals surface area contributed by atoms with Crippen molar-refractivity contribution < 1.29 is 14.3 Å². The number of hydrogen-bond acceptors (Lipinski definition) is 4. The van der Waals surface area contributed by atoms with Crippen molar-refractivity contribution in [3.63, 3.8) is 0 Å². The first kappa shape index (κ1) is 24.5. The van der Waals surface area contributed by atoms with E-state index in [2.05, 4.69) is 16.0 Å². The number of hydrogen-bond donors (Lipinski definition) is 3. The molecule has 36 heavy (non-hydrogen) atoms. The molecule has 0 atom stereocenters. The molecule has 0 aliphatic rings. The van der Waals surface area contributed by atoms with Gasteiger partial charge >= 0.3 is 0 Å². The third-order valence-corrected chi connectivity index (χ3v) is 5.45. The van der Waals surface area contributed by atoms with Gasteiger partial charge in [0.25, 0.3) is 0 Å². The van der Waals surface area contributed by atoms with Crippen LogP contribution in [0.25, 0.3) is 0 Å². The van der Waals surface area contributed by atoms with E-state index in [-0.39, 0.29) is 18.4 Å². The van der Waals surface area contributed by atoms with Crippen molar-refractivity contribution in [3.05, 3.63) is 120 Å². The molecule has 0 aliphatic heterocycles. The summed E-state index contributed by atoms with van der Waals surface area (Å²) in [6.07, 6.45) is 1.08. The van der Waals surface area contributed by atoms with E-state index in [4.69, 9.17) is 4.74 Å². The predicted molar refractivity (Wildman–Crippen MR) is 144 cm³/mol. The normalized spacial score (nSPS) is 10.3. The van der Waals surface area contributed by atoms with E-state index < -0.39 is 0 Å². The van der Waals surface area contributed by atoms with Crippen molar-refractivity contribution in [2.75, 3.05) is 22.5 Å². The number of rotatable bonds is 11. The van der Waals surface area contributed by atoms with Gasteiger partial charge in [0.15, 0.2) is 0 Å². The van der Waals surface area contributed by atoms with E-state index in [1.807, 2.05) is 103 Å². The summed E-state index contributed by atoms with van der Waals surface area (Å²) < 4.78 is 5.83. The molecule has 0 heterocycles. The van der Waals surface area contributed by atoms with Crippen molar-refractivity contribution in [3.8, 4) is 5.75 Å². The first-order valence-electron chi connectivity index (χ1n) is 11.9. The fourth-order valence-corrected chi connectivity index (χ4v) is 3.63. The van der Waals surface area contributed by atoms with Gasteiger partial charge in [-0.1, -0.05) is 72.8 Å². The minimum Gasteiger partial charge on any atom is -0.489 e. The van der Waals surface area contributed by atoms with Gasteiger partial charge in [0.05, 0.1) is 6.54 Å². The van der Waals surface area contributed by atoms with Crippen molar-refractivity contribution in [2.45, 2.75) is 19.4 Å². The number of carbonyl (C=O) groups excluding carboxylic acids is 2. The predicted octanol–water partition coefficient (Wildman–Crippen LogP) is 5.89. The lowest BCUT2D eigenvalue weighted by Gasteiger charge is -2.11. The van der Waals surface area contributed by atoms with Crippen LogP contribution in [0.15, 0.2) is 109 Å². The maximum Gasteiger partial charge on any atom is 0.243 e. The summed E-state index contributed by atoms with van der Waals surface area (Å²) in [7, 11) is 0. The quantitative estimate of drug-likeness (QED) is 0.251. The van der Waals surface area contributed by atoms with E-state index >= 15 is 0 Å². The molecule has 4 aromatic carbocycles. The second-order valence-electron chi connectivity index (χ2n) is 8.32. The Labute approximate surface area is 211 Å². The zero-order chi connectivity index (χ0) is 25.0. The van der Waals surface area contributed by atoms with E-state index in [9.17, 15) is 9.59 Å². The third-order valence-electron chi connectivity index (χ3n) is 5.45. The highest BCUT2D eigenvalue weighted by atomic mass is 16.5. The first-order valence-corrected chi connectivity index (χ1v) is 11.9. The van der Waals surface area contributed by atoms with Crippen molar-refractivity contribution >= 4 is 28.9 Å². The zero-order valence-electron chi connectivity index (χ0n) is 19.9. The van der Waals surface area contributed by atoms with Crippen LogP contribution in [0.4, 0.5) is 17.1 Å². The summed E-state index contributed by atoms with van der Waals surface area (Å²) >= 11 is 0. The van der Waals surface area contributed by atoms with Crippen LogP contribution in [0, 0.1) is 0 Å². The molecule has 0 aliphatic carbocycles. The molecule has 0 radical (unpaired) electrons. The number of benzene rings is 4. The minimum absolute atomic E-state index is 0.0527. The molecule has 0 unspecified atom stereocenters. The molecule has 0 saturated heterocycles. The maximum absolute atomic E-state index is 12.5. The Morgan fingerprint density at radius 3 is 1.97 bits per heavy atom. The van der Waals surface area contributed by atoms with Gasteiger partial charge < -0.3 is 20.7 Å². The fraction of sp³-hybridized carbons (Fsp3) is 0.133. The molecular weight excluding hydrogens is 450 g/mol. The van der Waals surface area contributed by atoms with Gasteiger partial charge in [0, 0.05) is 29.5 Å². The van der Waals surface area contributed by atoms with Crippen LogP contribution in [0.2, 0.25) is 0 Å². The fourth-order valence-electron chi connectivity index (χ4n) is 3.63. The molecule has 4 rings (SSSR count). The Hall–Kier alpha value is -4.58. The van der Waals surface area contributed by atoms with Gasteiger partial charge in [-0.2, -0.15) is 0 Å². The standard InChI is InChI=1S/C30H29N3O3/c34-29(18-17-23-9-3-1-4-10-23)32-26-14-7-13-25(19-26)31-21-30(35)33-27-15-8-16-28(20-27)36-22-24-11-5-2-6-12-24/h1-16,19-20,31H,17-18,21-22H2,(H,32,34)(H,33,35). The topological polar surface area (TPSA) is 79.5 Å². The molecule has 0 aromatic heterocycles. The Kier molecular flexibility index (Phi) is 8.70. The molecule has 2 amide bonds. The Morgan fingerprint density at radius 2 is 1.22 bits per heavy atom. The summed E-state index contributed by atoms with van der Waals surface area (Å²) in [6, 6.07) is 34.5. The van der Waals surface area contributed by atoms with Gasteiger partial charge in [-0.3, -0.25) is 9.59 Å². The molecular formula is C30H29N3O3. The summed E-state index contributed by atoms with van der Waals surface area (Å²) in [5, 5.41) is 8.90. The largest absolute Gasteiger partial charge is 0.489 e. The zero-order valence-corrected chi connectivity index (χ0v) is 19.9. The molecule has 6 heteroatoms. The van der Waals surface area contributed by atoms with Crippen molar-refractivity contribution in [2.24, 2.45) is 0 Å². The van der Waals surface area contributed by atoms with Gasteiger partial charge in [0.1, 0.15) is 12.4 Å². The molecule has 0 saturated carbocycles. The van der Waals surface area contributed by atoms with E-state index in [0.29, 0.717) is 36.6 Å². The lowest BCUT2D eigenvalue weighted by Crippen LogP contribution is -2.21.